The van der Waals surface area contributed by atoms with Crippen molar-refractivity contribution in [2.45, 2.75) is 18.7 Å². The fourth-order valence-corrected chi connectivity index (χ4v) is 3.32. The second kappa shape index (κ2) is 4.36. The van der Waals surface area contributed by atoms with Gasteiger partial charge in [-0.2, -0.15) is 13.2 Å². The number of hydrogen-bond acceptors (Lipinski definition) is 1. The van der Waals surface area contributed by atoms with E-state index in [0.717, 1.165) is 28.5 Å². The largest absolute Gasteiger partial charge is 0.421 e. The maximum atomic E-state index is 13.4. The molecule has 0 saturated carbocycles. The Labute approximate surface area is 130 Å². The van der Waals surface area contributed by atoms with Crippen LogP contribution in [0, 0.1) is 0 Å². The molecule has 0 bridgehead atoms. The van der Waals surface area contributed by atoms with Crippen LogP contribution in [0.2, 0.25) is 0 Å². The molecule has 0 heterocycles. The van der Waals surface area contributed by atoms with Crippen LogP contribution in [0.15, 0.2) is 54.6 Å². The van der Waals surface area contributed by atoms with Gasteiger partial charge in [-0.15, -0.1) is 0 Å². The van der Waals surface area contributed by atoms with Crippen molar-refractivity contribution >= 4 is 32.3 Å². The van der Waals surface area contributed by atoms with Crippen LogP contribution in [-0.4, -0.2) is 11.3 Å². The molecule has 0 spiro atoms. The zero-order valence-corrected chi connectivity index (χ0v) is 12.3. The van der Waals surface area contributed by atoms with Gasteiger partial charge in [0.1, 0.15) is 0 Å². The second-order valence-corrected chi connectivity index (χ2v) is 6.04. The van der Waals surface area contributed by atoms with Crippen LogP contribution in [0.5, 0.6) is 0 Å². The van der Waals surface area contributed by atoms with Crippen LogP contribution in [0.4, 0.5) is 13.2 Å². The van der Waals surface area contributed by atoms with Crippen LogP contribution < -0.4 is 0 Å². The highest BCUT2D eigenvalue weighted by Crippen LogP contribution is 2.45. The summed E-state index contributed by atoms with van der Waals surface area (Å²) in [6.07, 6.45) is -4.75. The lowest BCUT2D eigenvalue weighted by molar-refractivity contribution is -0.258. The van der Waals surface area contributed by atoms with E-state index in [0.29, 0.717) is 10.8 Å². The molecule has 1 nitrogen and oxygen atoms in total. The van der Waals surface area contributed by atoms with E-state index in [2.05, 4.69) is 0 Å². The summed E-state index contributed by atoms with van der Waals surface area (Å²) in [4.78, 5) is 0. The topological polar surface area (TPSA) is 20.2 Å². The average Bonchev–Trinajstić information content (AvgIpc) is 2.51. The molecule has 0 aliphatic carbocycles. The molecule has 0 aromatic heterocycles. The summed E-state index contributed by atoms with van der Waals surface area (Å²) in [5.41, 5.74) is -3.02. The van der Waals surface area contributed by atoms with Crippen LogP contribution in [0.3, 0.4) is 0 Å². The second-order valence-electron chi connectivity index (χ2n) is 6.04. The highest BCUT2D eigenvalue weighted by molar-refractivity contribution is 6.23. The maximum Gasteiger partial charge on any atom is 0.421 e. The summed E-state index contributed by atoms with van der Waals surface area (Å²) >= 11 is 0. The van der Waals surface area contributed by atoms with Gasteiger partial charge in [-0.05, 0) is 45.3 Å². The molecule has 0 aliphatic heterocycles. The van der Waals surface area contributed by atoms with Crippen molar-refractivity contribution in [3.8, 4) is 0 Å². The van der Waals surface area contributed by atoms with Crippen molar-refractivity contribution in [3.63, 3.8) is 0 Å². The van der Waals surface area contributed by atoms with Gasteiger partial charge in [-0.25, -0.2) is 0 Å². The first kappa shape index (κ1) is 14.3. The van der Waals surface area contributed by atoms with Gasteiger partial charge in [0.05, 0.1) is 0 Å². The van der Waals surface area contributed by atoms with Gasteiger partial charge in [0.15, 0.2) is 5.60 Å². The van der Waals surface area contributed by atoms with Gasteiger partial charge in [0, 0.05) is 5.56 Å². The van der Waals surface area contributed by atoms with Crippen molar-refractivity contribution in [1.29, 1.82) is 0 Å². The Kier molecular flexibility index (Phi) is 2.70. The fraction of sp³-hybridized carbons (Fsp3) is 0.158. The molecule has 4 aromatic rings. The molecule has 23 heavy (non-hydrogen) atoms. The molecule has 0 fully saturated rings. The van der Waals surface area contributed by atoms with E-state index in [4.69, 9.17) is 0 Å². The number of rotatable bonds is 1. The third-order valence-corrected chi connectivity index (χ3v) is 4.58. The van der Waals surface area contributed by atoms with Gasteiger partial charge in [0.25, 0.3) is 0 Å². The smallest absolute Gasteiger partial charge is 0.376 e. The molecule has 4 heteroatoms. The molecular weight excluding hydrogens is 301 g/mol. The van der Waals surface area contributed by atoms with Crippen molar-refractivity contribution < 1.29 is 18.3 Å². The van der Waals surface area contributed by atoms with Crippen molar-refractivity contribution in [2.24, 2.45) is 0 Å². The van der Waals surface area contributed by atoms with E-state index in [1.54, 1.807) is 18.2 Å². The summed E-state index contributed by atoms with van der Waals surface area (Å²) in [6, 6.07) is 16.1. The lowest BCUT2D eigenvalue weighted by atomic mass is 9.85. The van der Waals surface area contributed by atoms with E-state index in [-0.39, 0.29) is 5.56 Å². The molecule has 1 unspecified atom stereocenters. The molecule has 0 radical (unpaired) electrons. The summed E-state index contributed by atoms with van der Waals surface area (Å²) in [7, 11) is 0. The van der Waals surface area contributed by atoms with Gasteiger partial charge < -0.3 is 5.11 Å². The number of hydrogen-bond donors (Lipinski definition) is 1. The van der Waals surface area contributed by atoms with E-state index in [1.165, 1.54) is 6.07 Å². The monoisotopic (exact) mass is 314 g/mol. The molecule has 1 atom stereocenters. The SMILES string of the molecule is CC(O)(c1cc2cccc3ccc4cccc1c4c32)C(F)(F)F. The Hall–Kier alpha value is -2.33. The fourth-order valence-electron chi connectivity index (χ4n) is 3.32. The zero-order valence-electron chi connectivity index (χ0n) is 12.3. The first-order chi connectivity index (χ1) is 10.8. The first-order valence-corrected chi connectivity index (χ1v) is 7.27. The van der Waals surface area contributed by atoms with Crippen molar-refractivity contribution in [3.05, 3.63) is 60.2 Å². The lowest BCUT2D eigenvalue weighted by Gasteiger charge is -2.29. The summed E-state index contributed by atoms with van der Waals surface area (Å²) in [6.45, 7) is 0.811. The van der Waals surface area contributed by atoms with Gasteiger partial charge in [0.2, 0.25) is 0 Å². The molecule has 0 amide bonds. The van der Waals surface area contributed by atoms with Gasteiger partial charge in [-0.3, -0.25) is 0 Å². The number of alkyl halides is 3. The Morgan fingerprint density at radius 1 is 0.783 bits per heavy atom. The lowest BCUT2D eigenvalue weighted by Crippen LogP contribution is -2.39. The quantitative estimate of drug-likeness (QED) is 0.469. The summed E-state index contributed by atoms with van der Waals surface area (Å²) in [5, 5.41) is 14.9. The number of benzene rings is 4. The summed E-state index contributed by atoms with van der Waals surface area (Å²) < 4.78 is 40.1. The average molecular weight is 314 g/mol. The predicted octanol–water partition coefficient (Wildman–Crippen LogP) is 5.35. The molecule has 4 rings (SSSR count). The predicted molar refractivity (Wildman–Crippen MR) is 85.8 cm³/mol. The van der Waals surface area contributed by atoms with Crippen molar-refractivity contribution in [2.75, 3.05) is 0 Å². The molecule has 0 saturated heterocycles. The number of halogens is 3. The van der Waals surface area contributed by atoms with Gasteiger partial charge in [-0.1, -0.05) is 48.5 Å². The van der Waals surface area contributed by atoms with E-state index in [9.17, 15) is 18.3 Å². The van der Waals surface area contributed by atoms with E-state index >= 15 is 0 Å². The third kappa shape index (κ3) is 1.85. The van der Waals surface area contributed by atoms with Crippen LogP contribution in [0.1, 0.15) is 12.5 Å². The minimum Gasteiger partial charge on any atom is -0.376 e. The Balaban J connectivity index is 2.26. The maximum absolute atomic E-state index is 13.4. The molecule has 4 aromatic carbocycles. The van der Waals surface area contributed by atoms with Crippen LogP contribution in [-0.2, 0) is 5.60 Å². The van der Waals surface area contributed by atoms with E-state index in [1.807, 2.05) is 30.3 Å². The van der Waals surface area contributed by atoms with Crippen LogP contribution in [0.25, 0.3) is 32.3 Å². The van der Waals surface area contributed by atoms with Crippen LogP contribution >= 0.6 is 0 Å². The molecule has 0 aliphatic rings. The third-order valence-electron chi connectivity index (χ3n) is 4.58. The normalized spacial score (nSPS) is 15.5. The minimum absolute atomic E-state index is 0.109. The summed E-state index contributed by atoms with van der Waals surface area (Å²) in [5.74, 6) is 0. The molecular formula is C19H13F3O. The molecule has 1 N–H and O–H groups in total. The zero-order chi connectivity index (χ0) is 16.4. The standard InChI is InChI=1S/C19H13F3O/c1-18(23,19(20,21)22)15-10-13-6-2-4-11-8-9-12-5-3-7-14(15)17(12)16(11)13/h2-10,23H,1H3. The highest BCUT2D eigenvalue weighted by atomic mass is 19.4. The highest BCUT2D eigenvalue weighted by Gasteiger charge is 2.52. The number of aliphatic hydroxyl groups is 1. The van der Waals surface area contributed by atoms with Crippen molar-refractivity contribution in [1.82, 2.24) is 0 Å². The van der Waals surface area contributed by atoms with Gasteiger partial charge >= 0.3 is 6.18 Å². The Morgan fingerprint density at radius 3 is 2.00 bits per heavy atom. The Bertz CT molecular complexity index is 1030. The molecule has 116 valence electrons. The Morgan fingerprint density at radius 2 is 1.35 bits per heavy atom. The van der Waals surface area contributed by atoms with E-state index < -0.39 is 11.8 Å². The first-order valence-electron chi connectivity index (χ1n) is 7.27. The minimum atomic E-state index is -4.75.